The molecule has 8 heteroatoms. The SMILES string of the molecule is CNc1nc(NCCCC(=O)NC2CC2)nc(N(C)C)n1. The number of carbonyl (C=O) groups excluding carboxylic acids is 1. The minimum absolute atomic E-state index is 0.125. The van der Waals surface area contributed by atoms with Crippen LogP contribution in [0.4, 0.5) is 17.8 Å². The summed E-state index contributed by atoms with van der Waals surface area (Å²) in [5.41, 5.74) is 0. The molecule has 0 saturated heterocycles. The average Bonchev–Trinajstić information content (AvgIpc) is 3.27. The zero-order valence-corrected chi connectivity index (χ0v) is 12.8. The van der Waals surface area contributed by atoms with Crippen LogP contribution in [0.25, 0.3) is 0 Å². The van der Waals surface area contributed by atoms with Gasteiger partial charge >= 0.3 is 0 Å². The smallest absolute Gasteiger partial charge is 0.231 e. The first-order chi connectivity index (χ1) is 10.1. The third kappa shape index (κ3) is 5.05. The molecular formula is C13H23N7O. The molecule has 0 radical (unpaired) electrons. The summed E-state index contributed by atoms with van der Waals surface area (Å²) >= 11 is 0. The number of carbonyl (C=O) groups is 1. The highest BCUT2D eigenvalue weighted by atomic mass is 16.1. The second-order valence-electron chi connectivity index (χ2n) is 5.30. The molecule has 3 N–H and O–H groups in total. The molecule has 0 atom stereocenters. The molecule has 1 aliphatic carbocycles. The Morgan fingerprint density at radius 2 is 1.95 bits per heavy atom. The van der Waals surface area contributed by atoms with Gasteiger partial charge in [0.2, 0.25) is 23.8 Å². The Balaban J connectivity index is 1.78. The Kier molecular flexibility index (Phi) is 5.13. The van der Waals surface area contributed by atoms with Gasteiger partial charge < -0.3 is 20.9 Å². The van der Waals surface area contributed by atoms with E-state index in [9.17, 15) is 4.79 Å². The number of nitrogens with zero attached hydrogens (tertiary/aromatic N) is 4. The second-order valence-corrected chi connectivity index (χ2v) is 5.30. The standard InChI is InChI=1S/C13H23N7O/c1-14-11-17-12(19-13(18-11)20(2)3)15-8-4-5-10(21)16-9-6-7-9/h9H,4-8H2,1-3H3,(H,16,21)(H2,14,15,17,18,19). The summed E-state index contributed by atoms with van der Waals surface area (Å²) in [6.45, 7) is 0.651. The van der Waals surface area contributed by atoms with Gasteiger partial charge in [0.25, 0.3) is 0 Å². The van der Waals surface area contributed by atoms with E-state index in [-0.39, 0.29) is 5.91 Å². The van der Waals surface area contributed by atoms with Crippen LogP contribution >= 0.6 is 0 Å². The molecule has 8 nitrogen and oxygen atoms in total. The maximum atomic E-state index is 11.6. The van der Waals surface area contributed by atoms with Crippen LogP contribution in [0.1, 0.15) is 25.7 Å². The van der Waals surface area contributed by atoms with Gasteiger partial charge in [-0.3, -0.25) is 4.79 Å². The minimum atomic E-state index is 0.125. The van der Waals surface area contributed by atoms with Crippen molar-refractivity contribution in [2.45, 2.75) is 31.7 Å². The van der Waals surface area contributed by atoms with Crippen molar-refractivity contribution in [3.8, 4) is 0 Å². The molecule has 1 aromatic heterocycles. The Morgan fingerprint density at radius 1 is 1.24 bits per heavy atom. The van der Waals surface area contributed by atoms with Gasteiger partial charge in [0, 0.05) is 40.2 Å². The third-order valence-electron chi connectivity index (χ3n) is 3.05. The number of rotatable bonds is 8. The minimum Gasteiger partial charge on any atom is -0.357 e. The highest BCUT2D eigenvalue weighted by Gasteiger charge is 2.22. The number of amides is 1. The molecule has 0 bridgehead atoms. The number of nitrogens with one attached hydrogen (secondary N) is 3. The van der Waals surface area contributed by atoms with E-state index >= 15 is 0 Å². The van der Waals surface area contributed by atoms with Crippen molar-refractivity contribution >= 4 is 23.8 Å². The van der Waals surface area contributed by atoms with Crippen LogP contribution in [0.5, 0.6) is 0 Å². The lowest BCUT2D eigenvalue weighted by Gasteiger charge is -2.13. The van der Waals surface area contributed by atoms with Crippen LogP contribution in [-0.2, 0) is 4.79 Å². The van der Waals surface area contributed by atoms with Gasteiger partial charge in [-0.05, 0) is 19.3 Å². The van der Waals surface area contributed by atoms with Crippen LogP contribution in [-0.4, -0.2) is 54.6 Å². The monoisotopic (exact) mass is 293 g/mol. The van der Waals surface area contributed by atoms with Crippen LogP contribution in [0.15, 0.2) is 0 Å². The molecule has 1 aliphatic rings. The van der Waals surface area contributed by atoms with Crippen LogP contribution in [0, 0.1) is 0 Å². The van der Waals surface area contributed by atoms with Gasteiger partial charge in [-0.15, -0.1) is 0 Å². The summed E-state index contributed by atoms with van der Waals surface area (Å²) in [4.78, 5) is 26.1. The van der Waals surface area contributed by atoms with Gasteiger partial charge in [-0.1, -0.05) is 0 Å². The van der Waals surface area contributed by atoms with E-state index in [0.717, 1.165) is 19.3 Å². The predicted molar refractivity (Wildman–Crippen MR) is 82.6 cm³/mol. The van der Waals surface area contributed by atoms with Crippen LogP contribution in [0.3, 0.4) is 0 Å². The van der Waals surface area contributed by atoms with E-state index in [0.29, 0.717) is 36.9 Å². The van der Waals surface area contributed by atoms with Gasteiger partial charge in [-0.2, -0.15) is 15.0 Å². The quantitative estimate of drug-likeness (QED) is 0.599. The largest absolute Gasteiger partial charge is 0.357 e. The maximum absolute atomic E-state index is 11.6. The lowest BCUT2D eigenvalue weighted by Crippen LogP contribution is -2.25. The van der Waals surface area contributed by atoms with Crippen molar-refractivity contribution in [3.05, 3.63) is 0 Å². The van der Waals surface area contributed by atoms with Gasteiger partial charge in [-0.25, -0.2) is 0 Å². The molecule has 1 fully saturated rings. The van der Waals surface area contributed by atoms with E-state index in [1.54, 1.807) is 7.05 Å². The van der Waals surface area contributed by atoms with Crippen molar-refractivity contribution < 1.29 is 4.79 Å². The highest BCUT2D eigenvalue weighted by molar-refractivity contribution is 5.76. The van der Waals surface area contributed by atoms with Gasteiger partial charge in [0.05, 0.1) is 0 Å². The van der Waals surface area contributed by atoms with E-state index in [1.165, 1.54) is 0 Å². The summed E-state index contributed by atoms with van der Waals surface area (Å²) in [6, 6.07) is 0.426. The first-order valence-electron chi connectivity index (χ1n) is 7.23. The summed E-state index contributed by atoms with van der Waals surface area (Å²) in [7, 11) is 5.52. The summed E-state index contributed by atoms with van der Waals surface area (Å²) in [6.07, 6.45) is 3.51. The van der Waals surface area contributed by atoms with Crippen molar-refractivity contribution in [1.82, 2.24) is 20.3 Å². The Bertz CT molecular complexity index is 487. The summed E-state index contributed by atoms with van der Waals surface area (Å²) in [5, 5.41) is 9.01. The molecule has 21 heavy (non-hydrogen) atoms. The number of hydrogen-bond acceptors (Lipinski definition) is 7. The molecule has 1 heterocycles. The molecular weight excluding hydrogens is 270 g/mol. The fourth-order valence-electron chi connectivity index (χ4n) is 1.73. The molecule has 0 spiro atoms. The zero-order valence-electron chi connectivity index (χ0n) is 12.8. The van der Waals surface area contributed by atoms with Crippen LogP contribution in [0.2, 0.25) is 0 Å². The lowest BCUT2D eigenvalue weighted by molar-refractivity contribution is -0.121. The van der Waals surface area contributed by atoms with E-state index in [2.05, 4.69) is 30.9 Å². The van der Waals surface area contributed by atoms with Crippen molar-refractivity contribution in [2.24, 2.45) is 0 Å². The van der Waals surface area contributed by atoms with Crippen molar-refractivity contribution in [2.75, 3.05) is 43.2 Å². The number of hydrogen-bond donors (Lipinski definition) is 3. The number of aromatic nitrogens is 3. The van der Waals surface area contributed by atoms with Crippen LogP contribution < -0.4 is 20.9 Å². The van der Waals surface area contributed by atoms with E-state index in [1.807, 2.05) is 19.0 Å². The van der Waals surface area contributed by atoms with E-state index in [4.69, 9.17) is 0 Å². The molecule has 116 valence electrons. The maximum Gasteiger partial charge on any atom is 0.231 e. The molecule has 1 aromatic rings. The Morgan fingerprint density at radius 3 is 2.57 bits per heavy atom. The highest BCUT2D eigenvalue weighted by Crippen LogP contribution is 2.18. The topological polar surface area (TPSA) is 95.1 Å². The molecule has 1 amide bonds. The molecule has 0 aliphatic heterocycles. The Labute approximate surface area is 124 Å². The normalized spacial score (nSPS) is 13.7. The van der Waals surface area contributed by atoms with Crippen molar-refractivity contribution in [1.29, 1.82) is 0 Å². The van der Waals surface area contributed by atoms with Gasteiger partial charge in [0.1, 0.15) is 0 Å². The average molecular weight is 293 g/mol. The second kappa shape index (κ2) is 7.05. The first-order valence-corrected chi connectivity index (χ1v) is 7.23. The fourth-order valence-corrected chi connectivity index (χ4v) is 1.73. The van der Waals surface area contributed by atoms with Crippen molar-refractivity contribution in [3.63, 3.8) is 0 Å². The Hall–Kier alpha value is -2.12. The van der Waals surface area contributed by atoms with E-state index < -0.39 is 0 Å². The zero-order chi connectivity index (χ0) is 15.2. The lowest BCUT2D eigenvalue weighted by atomic mass is 10.3. The molecule has 0 unspecified atom stereocenters. The molecule has 1 saturated carbocycles. The third-order valence-corrected chi connectivity index (χ3v) is 3.05. The van der Waals surface area contributed by atoms with Gasteiger partial charge in [0.15, 0.2) is 0 Å². The summed E-state index contributed by atoms with van der Waals surface area (Å²) in [5.74, 6) is 1.74. The molecule has 2 rings (SSSR count). The predicted octanol–water partition coefficient (Wildman–Crippen LogP) is 0.450. The molecule has 0 aromatic carbocycles. The summed E-state index contributed by atoms with van der Waals surface area (Å²) < 4.78 is 0. The number of anilines is 3. The fraction of sp³-hybridized carbons (Fsp3) is 0.692. The first kappa shape index (κ1) is 15.3.